The molecule has 0 aromatic heterocycles. The first kappa shape index (κ1) is 13.3. The van der Waals surface area contributed by atoms with Crippen LogP contribution in [-0.4, -0.2) is 11.9 Å². The second-order valence-corrected chi connectivity index (χ2v) is 4.34. The van der Waals surface area contributed by atoms with Gasteiger partial charge in [0.2, 0.25) is 5.91 Å². The van der Waals surface area contributed by atoms with Gasteiger partial charge in [0.25, 0.3) is 0 Å². The second-order valence-electron chi connectivity index (χ2n) is 3.56. The first-order chi connectivity index (χ1) is 7.47. The number of carbonyl (C=O) groups is 1. The van der Waals surface area contributed by atoms with Crippen molar-refractivity contribution < 1.29 is 4.79 Å². The van der Waals surface area contributed by atoms with E-state index < -0.39 is 6.04 Å². The lowest BCUT2D eigenvalue weighted by molar-refractivity contribution is -0.117. The van der Waals surface area contributed by atoms with Crippen LogP contribution in [0.5, 0.6) is 0 Å². The van der Waals surface area contributed by atoms with Gasteiger partial charge in [0.15, 0.2) is 0 Å². The number of nitrogens with two attached hydrogens (primary N) is 1. The minimum absolute atomic E-state index is 0.281. The number of anilines is 1. The van der Waals surface area contributed by atoms with Crippen molar-refractivity contribution in [3.8, 4) is 0 Å². The third kappa shape index (κ3) is 2.88. The molecule has 0 heterocycles. The molecule has 0 spiro atoms. The highest BCUT2D eigenvalue weighted by molar-refractivity contribution is 6.40. The Labute approximate surface area is 105 Å². The number of carbonyl (C=O) groups excluding carboxylic acids is 1. The molecule has 0 aliphatic heterocycles. The Kier molecular flexibility index (Phi) is 4.59. The van der Waals surface area contributed by atoms with E-state index in [4.69, 9.17) is 28.9 Å². The van der Waals surface area contributed by atoms with Gasteiger partial charge in [0.1, 0.15) is 0 Å². The Morgan fingerprint density at radius 2 is 2.12 bits per heavy atom. The Balaban J connectivity index is 2.97. The SMILES string of the molecule is CC[C@H](N)C(=O)Nc1c(Cl)ccc(C)c1Cl. The van der Waals surface area contributed by atoms with E-state index in [1.54, 1.807) is 12.1 Å². The molecule has 88 valence electrons. The van der Waals surface area contributed by atoms with Crippen molar-refractivity contribution in [2.45, 2.75) is 26.3 Å². The molecule has 16 heavy (non-hydrogen) atoms. The third-order valence-electron chi connectivity index (χ3n) is 2.31. The van der Waals surface area contributed by atoms with E-state index in [9.17, 15) is 4.79 Å². The highest BCUT2D eigenvalue weighted by Gasteiger charge is 2.15. The molecule has 1 amide bonds. The van der Waals surface area contributed by atoms with Crippen molar-refractivity contribution >= 4 is 34.8 Å². The maximum Gasteiger partial charge on any atom is 0.241 e. The van der Waals surface area contributed by atoms with Crippen molar-refractivity contribution in [3.63, 3.8) is 0 Å². The van der Waals surface area contributed by atoms with Gasteiger partial charge in [-0.2, -0.15) is 0 Å². The van der Waals surface area contributed by atoms with Gasteiger partial charge in [0.05, 0.1) is 21.8 Å². The Morgan fingerprint density at radius 3 is 2.69 bits per heavy atom. The van der Waals surface area contributed by atoms with Crippen LogP contribution in [0.3, 0.4) is 0 Å². The fraction of sp³-hybridized carbons (Fsp3) is 0.364. The number of halogens is 2. The van der Waals surface area contributed by atoms with Crippen LogP contribution in [0, 0.1) is 6.92 Å². The minimum atomic E-state index is -0.548. The number of hydrogen-bond donors (Lipinski definition) is 2. The van der Waals surface area contributed by atoms with Gasteiger partial charge < -0.3 is 11.1 Å². The van der Waals surface area contributed by atoms with Crippen LogP contribution in [0.15, 0.2) is 12.1 Å². The number of amides is 1. The van der Waals surface area contributed by atoms with Crippen molar-refractivity contribution in [2.75, 3.05) is 5.32 Å². The molecule has 0 fully saturated rings. The van der Waals surface area contributed by atoms with Gasteiger partial charge in [0, 0.05) is 0 Å². The normalized spacial score (nSPS) is 12.3. The molecule has 1 aromatic carbocycles. The summed E-state index contributed by atoms with van der Waals surface area (Å²) in [5.41, 5.74) is 6.89. The van der Waals surface area contributed by atoms with Crippen LogP contribution in [0.1, 0.15) is 18.9 Å². The smallest absolute Gasteiger partial charge is 0.241 e. The molecule has 3 N–H and O–H groups in total. The number of benzene rings is 1. The fourth-order valence-electron chi connectivity index (χ4n) is 1.17. The molecule has 1 atom stereocenters. The van der Waals surface area contributed by atoms with E-state index in [1.807, 2.05) is 13.8 Å². The quantitative estimate of drug-likeness (QED) is 0.878. The highest BCUT2D eigenvalue weighted by Crippen LogP contribution is 2.32. The Hall–Kier alpha value is -0.770. The molecule has 0 radical (unpaired) electrons. The summed E-state index contributed by atoms with van der Waals surface area (Å²) in [6.45, 7) is 3.68. The van der Waals surface area contributed by atoms with E-state index in [2.05, 4.69) is 5.32 Å². The second kappa shape index (κ2) is 5.53. The molecule has 0 unspecified atom stereocenters. The van der Waals surface area contributed by atoms with Crippen molar-refractivity contribution in [1.29, 1.82) is 0 Å². The predicted octanol–water partition coefficient (Wildman–Crippen LogP) is 2.98. The van der Waals surface area contributed by atoms with E-state index in [1.165, 1.54) is 0 Å². The van der Waals surface area contributed by atoms with Crippen LogP contribution in [0.25, 0.3) is 0 Å². The fourth-order valence-corrected chi connectivity index (χ4v) is 1.64. The van der Waals surface area contributed by atoms with Crippen LogP contribution in [0.2, 0.25) is 10.0 Å². The molecule has 0 saturated carbocycles. The molecule has 3 nitrogen and oxygen atoms in total. The molecule has 5 heteroatoms. The zero-order chi connectivity index (χ0) is 12.3. The van der Waals surface area contributed by atoms with E-state index in [-0.39, 0.29) is 5.91 Å². The number of aryl methyl sites for hydroxylation is 1. The average Bonchev–Trinajstić information content (AvgIpc) is 2.28. The van der Waals surface area contributed by atoms with Crippen molar-refractivity contribution in [2.24, 2.45) is 5.73 Å². The first-order valence-corrected chi connectivity index (χ1v) is 5.74. The topological polar surface area (TPSA) is 55.1 Å². The van der Waals surface area contributed by atoms with Crippen molar-refractivity contribution in [1.82, 2.24) is 0 Å². The van der Waals surface area contributed by atoms with Gasteiger partial charge >= 0.3 is 0 Å². The van der Waals surface area contributed by atoms with E-state index >= 15 is 0 Å². The van der Waals surface area contributed by atoms with Gasteiger partial charge in [-0.3, -0.25) is 4.79 Å². The first-order valence-electron chi connectivity index (χ1n) is 4.98. The summed E-state index contributed by atoms with van der Waals surface area (Å²) in [5, 5.41) is 3.50. The third-order valence-corrected chi connectivity index (χ3v) is 3.11. The molecule has 0 aliphatic rings. The minimum Gasteiger partial charge on any atom is -0.322 e. The van der Waals surface area contributed by atoms with E-state index in [0.29, 0.717) is 22.2 Å². The standard InChI is InChI=1S/C11H14Cl2N2O/c1-3-8(14)11(16)15-10-7(12)5-4-6(2)9(10)13/h4-5,8H,3,14H2,1-2H3,(H,15,16)/t8-/m0/s1. The largest absolute Gasteiger partial charge is 0.322 e. The maximum atomic E-state index is 11.6. The summed E-state index contributed by atoms with van der Waals surface area (Å²) in [6, 6.07) is 2.93. The highest BCUT2D eigenvalue weighted by atomic mass is 35.5. The summed E-state index contributed by atoms with van der Waals surface area (Å²) in [4.78, 5) is 11.6. The summed E-state index contributed by atoms with van der Waals surface area (Å²) in [7, 11) is 0. The summed E-state index contributed by atoms with van der Waals surface area (Å²) < 4.78 is 0. The van der Waals surface area contributed by atoms with E-state index in [0.717, 1.165) is 5.56 Å². The predicted molar refractivity (Wildman–Crippen MR) is 68.1 cm³/mol. The molecule has 1 rings (SSSR count). The van der Waals surface area contributed by atoms with Crippen LogP contribution >= 0.6 is 23.2 Å². The summed E-state index contributed by atoms with van der Waals surface area (Å²) >= 11 is 12.0. The summed E-state index contributed by atoms with van der Waals surface area (Å²) in [5.74, 6) is -0.281. The Morgan fingerprint density at radius 1 is 1.50 bits per heavy atom. The molecule has 1 aromatic rings. The lowest BCUT2D eigenvalue weighted by Crippen LogP contribution is -2.35. The molecular weight excluding hydrogens is 247 g/mol. The molecule has 0 aliphatic carbocycles. The van der Waals surface area contributed by atoms with Crippen LogP contribution in [-0.2, 0) is 4.79 Å². The van der Waals surface area contributed by atoms with Gasteiger partial charge in [-0.05, 0) is 25.0 Å². The zero-order valence-electron chi connectivity index (χ0n) is 9.18. The van der Waals surface area contributed by atoms with Gasteiger partial charge in [-0.15, -0.1) is 0 Å². The zero-order valence-corrected chi connectivity index (χ0v) is 10.7. The van der Waals surface area contributed by atoms with Crippen LogP contribution in [0.4, 0.5) is 5.69 Å². The number of hydrogen-bond acceptors (Lipinski definition) is 2. The Bertz CT molecular complexity index is 407. The maximum absolute atomic E-state index is 11.6. The van der Waals surface area contributed by atoms with Crippen molar-refractivity contribution in [3.05, 3.63) is 27.7 Å². The van der Waals surface area contributed by atoms with Gasteiger partial charge in [-0.1, -0.05) is 36.2 Å². The number of rotatable bonds is 3. The molecular formula is C11H14Cl2N2O. The average molecular weight is 261 g/mol. The lowest BCUT2D eigenvalue weighted by atomic mass is 10.2. The monoisotopic (exact) mass is 260 g/mol. The lowest BCUT2D eigenvalue weighted by Gasteiger charge is -2.13. The molecule has 0 saturated heterocycles. The van der Waals surface area contributed by atoms with Gasteiger partial charge in [-0.25, -0.2) is 0 Å². The molecule has 0 bridgehead atoms. The summed E-state index contributed by atoms with van der Waals surface area (Å²) in [6.07, 6.45) is 0.562. The van der Waals surface area contributed by atoms with Crippen LogP contribution < -0.4 is 11.1 Å². The number of nitrogens with one attached hydrogen (secondary N) is 1.